The van der Waals surface area contributed by atoms with Crippen molar-refractivity contribution in [2.45, 2.75) is 19.8 Å². The quantitative estimate of drug-likeness (QED) is 0.392. The van der Waals surface area contributed by atoms with E-state index in [1.54, 1.807) is 18.2 Å². The summed E-state index contributed by atoms with van der Waals surface area (Å²) < 4.78 is 6.30. The molecule has 0 fully saturated rings. The van der Waals surface area contributed by atoms with Gasteiger partial charge in [0, 0.05) is 22.2 Å². The molecule has 2 N–H and O–H groups in total. The smallest absolute Gasteiger partial charge is 0.273 e. The van der Waals surface area contributed by atoms with E-state index in [4.69, 9.17) is 4.74 Å². The van der Waals surface area contributed by atoms with E-state index in [2.05, 4.69) is 26.8 Å². The highest BCUT2D eigenvalue weighted by molar-refractivity contribution is 9.10. The molecule has 0 saturated heterocycles. The molecule has 0 spiro atoms. The summed E-state index contributed by atoms with van der Waals surface area (Å²) >= 11 is 3.30. The molecule has 0 atom stereocenters. The van der Waals surface area contributed by atoms with Gasteiger partial charge in [-0.05, 0) is 30.7 Å². The lowest BCUT2D eigenvalue weighted by atomic mass is 10.2. The van der Waals surface area contributed by atoms with Crippen molar-refractivity contribution >= 4 is 33.4 Å². The minimum absolute atomic E-state index is 0.0539. The summed E-state index contributed by atoms with van der Waals surface area (Å²) in [5.41, 5.74) is 4.63. The number of hydrazine groups is 1. The number of nitro groups is 1. The number of nitrogens with one attached hydrogen (secondary N) is 2. The van der Waals surface area contributed by atoms with E-state index in [-0.39, 0.29) is 16.8 Å². The lowest BCUT2D eigenvalue weighted by molar-refractivity contribution is -0.384. The van der Waals surface area contributed by atoms with Gasteiger partial charge in [0.15, 0.2) is 0 Å². The van der Waals surface area contributed by atoms with Crippen molar-refractivity contribution in [3.05, 3.63) is 68.2 Å². The largest absolute Gasteiger partial charge is 0.493 e. The molecular weight excluding hydrogens is 418 g/mol. The molecule has 0 saturated carbocycles. The van der Waals surface area contributed by atoms with Crippen LogP contribution in [-0.2, 0) is 0 Å². The summed E-state index contributed by atoms with van der Waals surface area (Å²) in [7, 11) is 0. The molecular formula is C18H18BrN3O5. The number of amides is 2. The molecule has 0 unspecified atom stereocenters. The maximum Gasteiger partial charge on any atom is 0.273 e. The molecule has 2 aromatic rings. The van der Waals surface area contributed by atoms with Gasteiger partial charge in [0.05, 0.1) is 17.1 Å². The van der Waals surface area contributed by atoms with Crippen LogP contribution in [0.1, 0.15) is 40.5 Å². The third-order valence-corrected chi connectivity index (χ3v) is 4.04. The fraction of sp³-hybridized carbons (Fsp3) is 0.222. The van der Waals surface area contributed by atoms with Crippen LogP contribution in [-0.4, -0.2) is 23.3 Å². The van der Waals surface area contributed by atoms with Crippen molar-refractivity contribution in [3.8, 4) is 5.75 Å². The van der Waals surface area contributed by atoms with Gasteiger partial charge in [0.1, 0.15) is 5.75 Å². The molecule has 0 radical (unpaired) electrons. The first-order valence-corrected chi connectivity index (χ1v) is 8.99. The number of benzene rings is 2. The average molecular weight is 436 g/mol. The number of nitrogens with zero attached hydrogens (tertiary/aromatic N) is 1. The normalized spacial score (nSPS) is 10.1. The van der Waals surface area contributed by atoms with Gasteiger partial charge in [-0.3, -0.25) is 30.6 Å². The number of hydrogen-bond acceptors (Lipinski definition) is 5. The summed E-state index contributed by atoms with van der Waals surface area (Å²) in [5, 5.41) is 10.8. The number of carbonyl (C=O) groups is 2. The molecule has 0 bridgehead atoms. The number of ether oxygens (including phenoxy) is 1. The lowest BCUT2D eigenvalue weighted by Crippen LogP contribution is -2.41. The van der Waals surface area contributed by atoms with Crippen LogP contribution in [0.5, 0.6) is 5.75 Å². The van der Waals surface area contributed by atoms with Crippen molar-refractivity contribution in [1.29, 1.82) is 0 Å². The second-order valence-corrected chi connectivity index (χ2v) is 6.47. The Hall–Kier alpha value is -2.94. The van der Waals surface area contributed by atoms with Gasteiger partial charge >= 0.3 is 0 Å². The van der Waals surface area contributed by atoms with E-state index >= 15 is 0 Å². The second kappa shape index (κ2) is 9.67. The van der Waals surface area contributed by atoms with Gasteiger partial charge < -0.3 is 4.74 Å². The molecule has 0 aliphatic heterocycles. The van der Waals surface area contributed by atoms with E-state index in [9.17, 15) is 19.7 Å². The van der Waals surface area contributed by atoms with Crippen LogP contribution in [0.3, 0.4) is 0 Å². The van der Waals surface area contributed by atoms with Crippen LogP contribution >= 0.6 is 15.9 Å². The van der Waals surface area contributed by atoms with Gasteiger partial charge in [0.25, 0.3) is 17.5 Å². The van der Waals surface area contributed by atoms with E-state index in [0.717, 1.165) is 18.9 Å². The zero-order valence-corrected chi connectivity index (χ0v) is 16.1. The van der Waals surface area contributed by atoms with Gasteiger partial charge in [-0.2, -0.15) is 0 Å². The molecule has 2 amide bonds. The average Bonchev–Trinajstić information content (AvgIpc) is 2.67. The van der Waals surface area contributed by atoms with Crippen LogP contribution in [0.25, 0.3) is 0 Å². The Balaban J connectivity index is 2.06. The molecule has 2 rings (SSSR count). The topological polar surface area (TPSA) is 111 Å². The summed E-state index contributed by atoms with van der Waals surface area (Å²) in [6, 6.07) is 10.2. The molecule has 2 aromatic carbocycles. The Labute approximate surface area is 164 Å². The highest BCUT2D eigenvalue weighted by Crippen LogP contribution is 2.23. The molecule has 0 aliphatic carbocycles. The highest BCUT2D eigenvalue weighted by Gasteiger charge is 2.16. The predicted octanol–water partition coefficient (Wildman–Crippen LogP) is 3.61. The number of halogens is 1. The summed E-state index contributed by atoms with van der Waals surface area (Å²) in [4.78, 5) is 34.7. The number of rotatable bonds is 7. The Kier molecular flexibility index (Phi) is 7.30. The van der Waals surface area contributed by atoms with Crippen molar-refractivity contribution in [2.75, 3.05) is 6.61 Å². The highest BCUT2D eigenvalue weighted by atomic mass is 79.9. The molecule has 9 heteroatoms. The Morgan fingerprint density at radius 2 is 1.89 bits per heavy atom. The summed E-state index contributed by atoms with van der Waals surface area (Å²) in [5.74, 6) is -0.842. The Morgan fingerprint density at radius 3 is 2.59 bits per heavy atom. The Morgan fingerprint density at radius 1 is 1.15 bits per heavy atom. The van der Waals surface area contributed by atoms with Crippen molar-refractivity contribution in [3.63, 3.8) is 0 Å². The molecule has 0 heterocycles. The van der Waals surface area contributed by atoms with E-state index < -0.39 is 16.7 Å². The minimum atomic E-state index is -0.671. The van der Waals surface area contributed by atoms with E-state index in [0.29, 0.717) is 16.8 Å². The standard InChI is InChI=1S/C18H18BrN3O5/c1-2-3-9-27-16-8-7-13(19)11-15(16)18(24)21-20-17(23)12-5-4-6-14(10-12)22(25)26/h4-8,10-11H,2-3,9H2,1H3,(H,20,23)(H,21,24). The molecule has 27 heavy (non-hydrogen) atoms. The van der Waals surface area contributed by atoms with Gasteiger partial charge in [-0.15, -0.1) is 0 Å². The minimum Gasteiger partial charge on any atom is -0.493 e. The zero-order chi connectivity index (χ0) is 19.8. The molecule has 8 nitrogen and oxygen atoms in total. The third-order valence-electron chi connectivity index (χ3n) is 3.55. The first-order chi connectivity index (χ1) is 12.9. The number of carbonyl (C=O) groups excluding carboxylic acids is 2. The predicted molar refractivity (Wildman–Crippen MR) is 103 cm³/mol. The fourth-order valence-electron chi connectivity index (χ4n) is 2.15. The molecule has 0 aliphatic rings. The van der Waals surface area contributed by atoms with E-state index in [1.807, 2.05) is 6.92 Å². The monoisotopic (exact) mass is 435 g/mol. The van der Waals surface area contributed by atoms with E-state index in [1.165, 1.54) is 18.2 Å². The number of nitro benzene ring substituents is 1. The van der Waals surface area contributed by atoms with Gasteiger partial charge in [-0.25, -0.2) is 0 Å². The van der Waals surface area contributed by atoms with Gasteiger partial charge in [0.2, 0.25) is 0 Å². The first kappa shape index (κ1) is 20.4. The molecule has 142 valence electrons. The van der Waals surface area contributed by atoms with Crippen LogP contribution in [0.2, 0.25) is 0 Å². The SMILES string of the molecule is CCCCOc1ccc(Br)cc1C(=O)NNC(=O)c1cccc([N+](=O)[O-])c1. The van der Waals surface area contributed by atoms with Crippen LogP contribution in [0, 0.1) is 10.1 Å². The number of hydrogen-bond donors (Lipinski definition) is 2. The second-order valence-electron chi connectivity index (χ2n) is 5.56. The number of non-ortho nitro benzene ring substituents is 1. The first-order valence-electron chi connectivity index (χ1n) is 8.20. The zero-order valence-electron chi connectivity index (χ0n) is 14.5. The maximum atomic E-state index is 12.4. The lowest BCUT2D eigenvalue weighted by Gasteiger charge is -2.12. The summed E-state index contributed by atoms with van der Waals surface area (Å²) in [6.45, 7) is 2.50. The van der Waals surface area contributed by atoms with Crippen LogP contribution in [0.15, 0.2) is 46.9 Å². The van der Waals surface area contributed by atoms with Gasteiger partial charge in [-0.1, -0.05) is 35.3 Å². The third kappa shape index (κ3) is 5.78. The van der Waals surface area contributed by atoms with Crippen LogP contribution in [0.4, 0.5) is 5.69 Å². The maximum absolute atomic E-state index is 12.4. The molecule has 0 aromatic heterocycles. The fourth-order valence-corrected chi connectivity index (χ4v) is 2.51. The van der Waals surface area contributed by atoms with Crippen LogP contribution < -0.4 is 15.6 Å². The summed E-state index contributed by atoms with van der Waals surface area (Å²) in [6.07, 6.45) is 1.80. The van der Waals surface area contributed by atoms with Crippen molar-refractivity contribution in [1.82, 2.24) is 10.9 Å². The Bertz CT molecular complexity index is 857. The number of unbranched alkanes of at least 4 members (excludes halogenated alkanes) is 1. The van der Waals surface area contributed by atoms with Crippen molar-refractivity contribution in [2.24, 2.45) is 0 Å². The van der Waals surface area contributed by atoms with Crippen molar-refractivity contribution < 1.29 is 19.2 Å².